The molecule has 2 nitrogen and oxygen atoms in total. The summed E-state index contributed by atoms with van der Waals surface area (Å²) < 4.78 is 4.89. The number of carbonyl (C=O) groups is 1. The Morgan fingerprint density at radius 2 is 1.32 bits per heavy atom. The summed E-state index contributed by atoms with van der Waals surface area (Å²) >= 11 is 0. The Morgan fingerprint density at radius 1 is 0.773 bits per heavy atom. The zero-order valence-electron chi connectivity index (χ0n) is 14.6. The summed E-state index contributed by atoms with van der Waals surface area (Å²) in [6.07, 6.45) is 24.2. The highest BCUT2D eigenvalue weighted by molar-refractivity contribution is 5.69. The Morgan fingerprint density at radius 3 is 1.86 bits per heavy atom. The molecule has 0 aromatic rings. The zero-order valence-corrected chi connectivity index (χ0v) is 14.6. The third-order valence-corrected chi connectivity index (χ3v) is 3.33. The first-order chi connectivity index (χ1) is 10.8. The maximum absolute atomic E-state index is 11.1. The Bertz CT molecular complexity index is 327. The van der Waals surface area contributed by atoms with Crippen molar-refractivity contribution in [3.8, 4) is 0 Å². The molecule has 0 aliphatic rings. The first kappa shape index (κ1) is 20.7. The van der Waals surface area contributed by atoms with E-state index in [1.807, 2.05) is 6.92 Å². The van der Waals surface area contributed by atoms with Crippen LogP contribution in [0.3, 0.4) is 0 Å². The van der Waals surface area contributed by atoms with Crippen LogP contribution in [0.1, 0.15) is 78.1 Å². The van der Waals surface area contributed by atoms with Crippen LogP contribution in [0, 0.1) is 0 Å². The van der Waals surface area contributed by atoms with Crippen molar-refractivity contribution in [3.05, 3.63) is 36.5 Å². The minimum absolute atomic E-state index is 0.0721. The van der Waals surface area contributed by atoms with E-state index in [1.54, 1.807) is 0 Å². The SMILES string of the molecule is CCCCC/C=C\C/C=C\C/C=C\CCCCC(=O)OCC. The van der Waals surface area contributed by atoms with Crippen LogP contribution in [-0.2, 0) is 9.53 Å². The van der Waals surface area contributed by atoms with Crippen molar-refractivity contribution in [2.24, 2.45) is 0 Å². The van der Waals surface area contributed by atoms with E-state index in [0.29, 0.717) is 13.0 Å². The smallest absolute Gasteiger partial charge is 0.305 e. The average molecular weight is 306 g/mol. The summed E-state index contributed by atoms with van der Waals surface area (Å²) in [6, 6.07) is 0. The summed E-state index contributed by atoms with van der Waals surface area (Å²) in [7, 11) is 0. The molecule has 0 radical (unpaired) electrons. The van der Waals surface area contributed by atoms with Gasteiger partial charge in [0, 0.05) is 6.42 Å². The summed E-state index contributed by atoms with van der Waals surface area (Å²) in [4.78, 5) is 11.1. The molecule has 0 unspecified atom stereocenters. The fourth-order valence-corrected chi connectivity index (χ4v) is 2.05. The van der Waals surface area contributed by atoms with Gasteiger partial charge in [0.1, 0.15) is 0 Å². The van der Waals surface area contributed by atoms with Crippen molar-refractivity contribution in [1.82, 2.24) is 0 Å². The van der Waals surface area contributed by atoms with Crippen molar-refractivity contribution >= 4 is 5.97 Å². The van der Waals surface area contributed by atoms with E-state index in [4.69, 9.17) is 4.74 Å². The number of hydrogen-bond acceptors (Lipinski definition) is 2. The number of esters is 1. The second-order valence-corrected chi connectivity index (χ2v) is 5.43. The average Bonchev–Trinajstić information content (AvgIpc) is 2.51. The standard InChI is InChI=1S/C20H34O2/c1-3-5-6-7-8-9-10-11-12-13-14-15-16-17-18-19-20(21)22-4-2/h8-9,11-12,14-15H,3-7,10,13,16-19H2,1-2H3/b9-8-,12-11-,15-14-. The van der Waals surface area contributed by atoms with Gasteiger partial charge in [-0.05, 0) is 51.9 Å². The molecule has 0 atom stereocenters. The monoisotopic (exact) mass is 306 g/mol. The van der Waals surface area contributed by atoms with Crippen LogP contribution in [-0.4, -0.2) is 12.6 Å². The minimum atomic E-state index is -0.0721. The molecule has 126 valence electrons. The molecule has 0 saturated carbocycles. The number of unbranched alkanes of at least 4 members (excludes halogenated alkanes) is 5. The predicted octanol–water partition coefficient (Wildman–Crippen LogP) is 6.14. The highest BCUT2D eigenvalue weighted by atomic mass is 16.5. The lowest BCUT2D eigenvalue weighted by Crippen LogP contribution is -2.02. The number of rotatable bonds is 14. The molecule has 0 saturated heterocycles. The molecule has 0 aliphatic carbocycles. The number of carbonyl (C=O) groups excluding carboxylic acids is 1. The third kappa shape index (κ3) is 16.7. The van der Waals surface area contributed by atoms with Crippen LogP contribution in [0.25, 0.3) is 0 Å². The zero-order chi connectivity index (χ0) is 16.3. The topological polar surface area (TPSA) is 26.3 Å². The van der Waals surface area contributed by atoms with Gasteiger partial charge in [-0.15, -0.1) is 0 Å². The molecule has 22 heavy (non-hydrogen) atoms. The lowest BCUT2D eigenvalue weighted by Gasteiger charge is -1.99. The number of allylic oxidation sites excluding steroid dienone is 6. The van der Waals surface area contributed by atoms with Gasteiger partial charge < -0.3 is 4.74 Å². The van der Waals surface area contributed by atoms with Crippen LogP contribution in [0.15, 0.2) is 36.5 Å². The summed E-state index contributed by atoms with van der Waals surface area (Å²) in [5, 5.41) is 0. The largest absolute Gasteiger partial charge is 0.466 e. The van der Waals surface area contributed by atoms with Crippen molar-refractivity contribution in [2.75, 3.05) is 6.61 Å². The van der Waals surface area contributed by atoms with E-state index in [-0.39, 0.29) is 5.97 Å². The first-order valence-electron chi connectivity index (χ1n) is 8.91. The van der Waals surface area contributed by atoms with Gasteiger partial charge in [0.2, 0.25) is 0 Å². The summed E-state index contributed by atoms with van der Waals surface area (Å²) in [5.74, 6) is -0.0721. The number of hydrogen-bond donors (Lipinski definition) is 0. The molecule has 0 aliphatic heterocycles. The normalized spacial score (nSPS) is 11.9. The fraction of sp³-hybridized carbons (Fsp3) is 0.650. The molecule has 0 N–H and O–H groups in total. The van der Waals surface area contributed by atoms with Crippen molar-refractivity contribution in [3.63, 3.8) is 0 Å². The lowest BCUT2D eigenvalue weighted by molar-refractivity contribution is -0.143. The van der Waals surface area contributed by atoms with E-state index in [9.17, 15) is 4.79 Å². The molecule has 0 aromatic carbocycles. The van der Waals surface area contributed by atoms with E-state index in [0.717, 1.165) is 32.1 Å². The Labute approximate surface area is 137 Å². The van der Waals surface area contributed by atoms with Gasteiger partial charge in [-0.25, -0.2) is 0 Å². The van der Waals surface area contributed by atoms with E-state index < -0.39 is 0 Å². The molecule has 0 heterocycles. The van der Waals surface area contributed by atoms with Crippen molar-refractivity contribution < 1.29 is 9.53 Å². The second-order valence-electron chi connectivity index (χ2n) is 5.43. The lowest BCUT2D eigenvalue weighted by atomic mass is 10.1. The fourth-order valence-electron chi connectivity index (χ4n) is 2.05. The number of ether oxygens (including phenoxy) is 1. The minimum Gasteiger partial charge on any atom is -0.466 e. The molecule has 0 spiro atoms. The predicted molar refractivity (Wildman–Crippen MR) is 95.9 cm³/mol. The molecule has 0 fully saturated rings. The highest BCUT2D eigenvalue weighted by Crippen LogP contribution is 2.03. The van der Waals surface area contributed by atoms with Gasteiger partial charge in [-0.3, -0.25) is 4.79 Å². The third-order valence-electron chi connectivity index (χ3n) is 3.33. The quantitative estimate of drug-likeness (QED) is 0.219. The maximum atomic E-state index is 11.1. The summed E-state index contributed by atoms with van der Waals surface area (Å²) in [5.41, 5.74) is 0. The molecular weight excluding hydrogens is 272 g/mol. The molecule has 0 bridgehead atoms. The molecule has 0 aromatic heterocycles. The van der Waals surface area contributed by atoms with E-state index in [1.165, 1.54) is 25.7 Å². The van der Waals surface area contributed by atoms with E-state index >= 15 is 0 Å². The molecule has 2 heteroatoms. The van der Waals surface area contributed by atoms with Crippen molar-refractivity contribution in [2.45, 2.75) is 78.1 Å². The molecule has 0 rings (SSSR count). The van der Waals surface area contributed by atoms with Gasteiger partial charge in [-0.2, -0.15) is 0 Å². The van der Waals surface area contributed by atoms with E-state index in [2.05, 4.69) is 43.4 Å². The first-order valence-corrected chi connectivity index (χ1v) is 8.91. The van der Waals surface area contributed by atoms with Crippen LogP contribution in [0.2, 0.25) is 0 Å². The second kappa shape index (κ2) is 17.7. The van der Waals surface area contributed by atoms with Crippen LogP contribution >= 0.6 is 0 Å². The van der Waals surface area contributed by atoms with Crippen molar-refractivity contribution in [1.29, 1.82) is 0 Å². The van der Waals surface area contributed by atoms with Gasteiger partial charge in [0.15, 0.2) is 0 Å². The Kier molecular flexibility index (Phi) is 16.7. The Balaban J connectivity index is 3.35. The molecular formula is C20H34O2. The van der Waals surface area contributed by atoms with Gasteiger partial charge >= 0.3 is 5.97 Å². The van der Waals surface area contributed by atoms with Crippen LogP contribution in [0.4, 0.5) is 0 Å². The van der Waals surface area contributed by atoms with Gasteiger partial charge in [0.05, 0.1) is 6.61 Å². The maximum Gasteiger partial charge on any atom is 0.305 e. The Hall–Kier alpha value is -1.31. The molecule has 0 amide bonds. The summed E-state index contributed by atoms with van der Waals surface area (Å²) in [6.45, 7) is 4.57. The highest BCUT2D eigenvalue weighted by Gasteiger charge is 1.99. The van der Waals surface area contributed by atoms with Gasteiger partial charge in [-0.1, -0.05) is 56.2 Å². The van der Waals surface area contributed by atoms with Crippen LogP contribution < -0.4 is 0 Å². The van der Waals surface area contributed by atoms with Gasteiger partial charge in [0.25, 0.3) is 0 Å². The van der Waals surface area contributed by atoms with Crippen LogP contribution in [0.5, 0.6) is 0 Å².